The molecule has 2 aromatic carbocycles. The van der Waals surface area contributed by atoms with Gasteiger partial charge in [-0.15, -0.1) is 10.2 Å². The van der Waals surface area contributed by atoms with Crippen LogP contribution in [-0.4, -0.2) is 21.9 Å². The number of aromatic nitrogens is 2. The molecule has 3 rings (SSSR count). The molecule has 3 aromatic rings. The van der Waals surface area contributed by atoms with Crippen LogP contribution in [0.4, 0.5) is 4.39 Å². The fourth-order valence-electron chi connectivity index (χ4n) is 2.34. The molecule has 0 aliphatic heterocycles. The SMILES string of the molecule is Cc1ccc(C)c(OCc2nnc(SCC(=O)NCc3ccc(F)cc3)o2)c1. The molecule has 0 aliphatic rings. The van der Waals surface area contributed by atoms with Gasteiger partial charge in [0.1, 0.15) is 11.6 Å². The molecule has 0 unspecified atom stereocenters. The fourth-order valence-corrected chi connectivity index (χ4v) is 2.95. The first-order valence-electron chi connectivity index (χ1n) is 8.66. The van der Waals surface area contributed by atoms with Crippen molar-refractivity contribution in [3.8, 4) is 5.75 Å². The van der Waals surface area contributed by atoms with Crippen LogP contribution in [0.5, 0.6) is 5.75 Å². The van der Waals surface area contributed by atoms with E-state index in [2.05, 4.69) is 15.5 Å². The van der Waals surface area contributed by atoms with Gasteiger partial charge in [0.2, 0.25) is 5.91 Å². The molecule has 0 radical (unpaired) electrons. The summed E-state index contributed by atoms with van der Waals surface area (Å²) < 4.78 is 24.1. The maximum Gasteiger partial charge on any atom is 0.277 e. The second kappa shape index (κ2) is 9.36. The summed E-state index contributed by atoms with van der Waals surface area (Å²) in [6.07, 6.45) is 0. The Morgan fingerprint density at radius 3 is 2.75 bits per heavy atom. The maximum absolute atomic E-state index is 12.9. The van der Waals surface area contributed by atoms with E-state index >= 15 is 0 Å². The Kier molecular flexibility index (Phi) is 6.65. The highest BCUT2D eigenvalue weighted by molar-refractivity contribution is 7.99. The number of benzene rings is 2. The third kappa shape index (κ3) is 5.82. The van der Waals surface area contributed by atoms with Crippen molar-refractivity contribution in [3.63, 3.8) is 0 Å². The molecule has 0 spiro atoms. The predicted molar refractivity (Wildman–Crippen MR) is 104 cm³/mol. The van der Waals surface area contributed by atoms with Gasteiger partial charge in [0.05, 0.1) is 5.75 Å². The molecule has 146 valence electrons. The Hall–Kier alpha value is -2.87. The van der Waals surface area contributed by atoms with Crippen molar-refractivity contribution in [2.24, 2.45) is 0 Å². The van der Waals surface area contributed by atoms with Gasteiger partial charge in [-0.2, -0.15) is 0 Å². The van der Waals surface area contributed by atoms with Crippen LogP contribution >= 0.6 is 11.8 Å². The largest absolute Gasteiger partial charge is 0.484 e. The predicted octanol–water partition coefficient (Wildman–Crippen LogP) is 3.81. The monoisotopic (exact) mass is 401 g/mol. The highest BCUT2D eigenvalue weighted by Gasteiger charge is 2.11. The number of hydrogen-bond donors (Lipinski definition) is 1. The molecule has 8 heteroatoms. The van der Waals surface area contributed by atoms with Crippen molar-refractivity contribution >= 4 is 17.7 Å². The number of amides is 1. The van der Waals surface area contributed by atoms with Gasteiger partial charge in [-0.3, -0.25) is 4.79 Å². The first-order valence-corrected chi connectivity index (χ1v) is 9.64. The molecule has 6 nitrogen and oxygen atoms in total. The lowest BCUT2D eigenvalue weighted by molar-refractivity contribution is -0.118. The second-order valence-corrected chi connectivity index (χ2v) is 7.14. The van der Waals surface area contributed by atoms with E-state index in [4.69, 9.17) is 9.15 Å². The van der Waals surface area contributed by atoms with Crippen molar-refractivity contribution in [3.05, 3.63) is 70.9 Å². The van der Waals surface area contributed by atoms with E-state index < -0.39 is 0 Å². The number of hydrogen-bond acceptors (Lipinski definition) is 6. The number of aryl methyl sites for hydroxylation is 2. The average molecular weight is 401 g/mol. The summed E-state index contributed by atoms with van der Waals surface area (Å²) in [5.41, 5.74) is 2.95. The third-order valence-corrected chi connectivity index (χ3v) is 4.69. The summed E-state index contributed by atoms with van der Waals surface area (Å²) in [5.74, 6) is 0.767. The number of ether oxygens (including phenoxy) is 1. The molecule has 0 bridgehead atoms. The van der Waals surface area contributed by atoms with Crippen LogP contribution in [0.2, 0.25) is 0 Å². The summed E-state index contributed by atoms with van der Waals surface area (Å²) in [6.45, 7) is 4.45. The van der Waals surface area contributed by atoms with Crippen LogP contribution in [-0.2, 0) is 17.9 Å². The molecule has 0 fully saturated rings. The van der Waals surface area contributed by atoms with Crippen molar-refractivity contribution in [1.29, 1.82) is 0 Å². The standard InChI is InChI=1S/C20H20FN3O3S/c1-13-3-4-14(2)17(9-13)26-11-19-23-24-20(27-19)28-12-18(25)22-10-15-5-7-16(21)8-6-15/h3-9H,10-12H2,1-2H3,(H,22,25). The number of carbonyl (C=O) groups is 1. The number of carbonyl (C=O) groups excluding carboxylic acids is 1. The summed E-state index contributed by atoms with van der Waals surface area (Å²) in [6, 6.07) is 11.9. The van der Waals surface area contributed by atoms with Gasteiger partial charge in [-0.25, -0.2) is 4.39 Å². The summed E-state index contributed by atoms with van der Waals surface area (Å²) in [5, 5.41) is 10.9. The van der Waals surface area contributed by atoms with Crippen LogP contribution < -0.4 is 10.1 Å². The highest BCUT2D eigenvalue weighted by atomic mass is 32.2. The first kappa shape index (κ1) is 19.9. The molecular formula is C20H20FN3O3S. The van der Waals surface area contributed by atoms with Crippen molar-refractivity contribution in [2.75, 3.05) is 5.75 Å². The molecule has 0 saturated carbocycles. The summed E-state index contributed by atoms with van der Waals surface area (Å²) >= 11 is 1.15. The van der Waals surface area contributed by atoms with Gasteiger partial charge in [-0.05, 0) is 48.7 Å². The molecule has 0 aliphatic carbocycles. The van der Waals surface area contributed by atoms with Gasteiger partial charge in [0.15, 0.2) is 6.61 Å². The Labute approximate surface area is 166 Å². The van der Waals surface area contributed by atoms with E-state index in [9.17, 15) is 9.18 Å². The Balaban J connectivity index is 1.43. The van der Waals surface area contributed by atoms with E-state index in [0.717, 1.165) is 34.2 Å². The topological polar surface area (TPSA) is 77.2 Å². The molecule has 0 atom stereocenters. The van der Waals surface area contributed by atoms with E-state index in [0.29, 0.717) is 17.7 Å². The molecule has 1 N–H and O–H groups in total. The second-order valence-electron chi connectivity index (χ2n) is 6.21. The minimum atomic E-state index is -0.306. The Morgan fingerprint density at radius 1 is 1.18 bits per heavy atom. The number of rotatable bonds is 8. The molecule has 1 aromatic heterocycles. The summed E-state index contributed by atoms with van der Waals surface area (Å²) in [7, 11) is 0. The highest BCUT2D eigenvalue weighted by Crippen LogP contribution is 2.21. The normalized spacial score (nSPS) is 10.7. The van der Waals surface area contributed by atoms with Crippen molar-refractivity contribution in [1.82, 2.24) is 15.5 Å². The van der Waals surface area contributed by atoms with Crippen LogP contribution in [0.25, 0.3) is 0 Å². The minimum absolute atomic E-state index is 0.140. The molecule has 1 heterocycles. The van der Waals surface area contributed by atoms with Crippen molar-refractivity contribution < 1.29 is 18.3 Å². The Bertz CT molecular complexity index is 944. The van der Waals surface area contributed by atoms with Gasteiger partial charge < -0.3 is 14.5 Å². The number of halogens is 1. The van der Waals surface area contributed by atoms with Gasteiger partial charge >= 0.3 is 0 Å². The van der Waals surface area contributed by atoms with Crippen LogP contribution in [0, 0.1) is 19.7 Å². The smallest absolute Gasteiger partial charge is 0.277 e. The lowest BCUT2D eigenvalue weighted by Crippen LogP contribution is -2.24. The van der Waals surface area contributed by atoms with Gasteiger partial charge in [0.25, 0.3) is 11.1 Å². The zero-order valence-corrected chi connectivity index (χ0v) is 16.4. The van der Waals surface area contributed by atoms with Crippen molar-refractivity contribution in [2.45, 2.75) is 32.2 Å². The third-order valence-electron chi connectivity index (χ3n) is 3.87. The fraction of sp³-hybridized carbons (Fsp3) is 0.250. The Morgan fingerprint density at radius 2 is 1.96 bits per heavy atom. The average Bonchev–Trinajstić information content (AvgIpc) is 3.14. The lowest BCUT2D eigenvalue weighted by Gasteiger charge is -2.07. The molecule has 0 saturated heterocycles. The quantitative estimate of drug-likeness (QED) is 0.579. The van der Waals surface area contributed by atoms with Crippen LogP contribution in [0.1, 0.15) is 22.6 Å². The molecule has 28 heavy (non-hydrogen) atoms. The number of nitrogens with one attached hydrogen (secondary N) is 1. The number of thioether (sulfide) groups is 1. The number of nitrogens with zero attached hydrogens (tertiary/aromatic N) is 2. The molecule has 1 amide bonds. The lowest BCUT2D eigenvalue weighted by atomic mass is 10.1. The molecular weight excluding hydrogens is 381 g/mol. The van der Waals surface area contributed by atoms with E-state index in [1.807, 2.05) is 32.0 Å². The van der Waals surface area contributed by atoms with Gasteiger partial charge in [0, 0.05) is 6.54 Å². The van der Waals surface area contributed by atoms with E-state index in [1.54, 1.807) is 12.1 Å². The van der Waals surface area contributed by atoms with E-state index in [1.165, 1.54) is 12.1 Å². The zero-order valence-electron chi connectivity index (χ0n) is 15.6. The minimum Gasteiger partial charge on any atom is -0.484 e. The summed E-state index contributed by atoms with van der Waals surface area (Å²) in [4.78, 5) is 11.9. The van der Waals surface area contributed by atoms with Gasteiger partial charge in [-0.1, -0.05) is 36.0 Å². The van der Waals surface area contributed by atoms with Crippen LogP contribution in [0.3, 0.4) is 0 Å². The first-order chi connectivity index (χ1) is 13.5. The van der Waals surface area contributed by atoms with E-state index in [-0.39, 0.29) is 24.1 Å². The van der Waals surface area contributed by atoms with Crippen LogP contribution in [0.15, 0.2) is 52.1 Å². The maximum atomic E-state index is 12.9. The zero-order chi connectivity index (χ0) is 19.9.